The second-order valence-corrected chi connectivity index (χ2v) is 7.15. The number of anilines is 1. The third kappa shape index (κ3) is 4.48. The maximum Gasteiger partial charge on any atom is 0.258 e. The molecule has 8 nitrogen and oxygen atoms in total. The van der Waals surface area contributed by atoms with Gasteiger partial charge in [0.25, 0.3) is 5.91 Å². The predicted molar refractivity (Wildman–Crippen MR) is 111 cm³/mol. The van der Waals surface area contributed by atoms with Gasteiger partial charge in [-0.3, -0.25) is 9.59 Å². The standard InChI is InChI=1S/C22H23N5O3/c1-16(17-4-6-19(7-5-17)27-15-23-14-24-27)25-21(28)13-30-20-10-8-18(9-11-20)26-12-2-3-22(26)29/h4-11,14-16H,2-3,12-13H2,1H3,(H,25,28). The Bertz CT molecular complexity index is 1000. The molecule has 1 atom stereocenters. The number of aromatic nitrogens is 3. The lowest BCUT2D eigenvalue weighted by Crippen LogP contribution is -2.31. The van der Waals surface area contributed by atoms with Gasteiger partial charge in [-0.2, -0.15) is 5.10 Å². The number of hydrogen-bond donors (Lipinski definition) is 1. The highest BCUT2D eigenvalue weighted by Gasteiger charge is 2.21. The van der Waals surface area contributed by atoms with Crippen molar-refractivity contribution in [2.24, 2.45) is 0 Å². The third-order valence-electron chi connectivity index (χ3n) is 5.05. The summed E-state index contributed by atoms with van der Waals surface area (Å²) in [5.41, 5.74) is 2.74. The van der Waals surface area contributed by atoms with Crippen molar-refractivity contribution in [3.63, 3.8) is 0 Å². The molecular formula is C22H23N5O3. The second-order valence-electron chi connectivity index (χ2n) is 7.15. The maximum absolute atomic E-state index is 12.3. The van der Waals surface area contributed by atoms with Gasteiger partial charge in [0.1, 0.15) is 18.4 Å². The van der Waals surface area contributed by atoms with Gasteiger partial charge in [0.15, 0.2) is 6.61 Å². The van der Waals surface area contributed by atoms with Crippen LogP contribution in [0.5, 0.6) is 5.75 Å². The summed E-state index contributed by atoms with van der Waals surface area (Å²) in [4.78, 5) is 29.8. The molecule has 1 aliphatic heterocycles. The molecule has 30 heavy (non-hydrogen) atoms. The minimum atomic E-state index is -0.207. The molecule has 1 N–H and O–H groups in total. The number of carbonyl (C=O) groups excluding carboxylic acids is 2. The molecule has 1 fully saturated rings. The first-order valence-corrected chi connectivity index (χ1v) is 9.88. The number of rotatable bonds is 7. The number of ether oxygens (including phenoxy) is 1. The van der Waals surface area contributed by atoms with E-state index in [1.54, 1.807) is 28.0 Å². The monoisotopic (exact) mass is 405 g/mol. The molecule has 3 aromatic rings. The van der Waals surface area contributed by atoms with Gasteiger partial charge in [0, 0.05) is 18.7 Å². The van der Waals surface area contributed by atoms with E-state index in [1.165, 1.54) is 6.33 Å². The summed E-state index contributed by atoms with van der Waals surface area (Å²) in [6.07, 6.45) is 4.60. The lowest BCUT2D eigenvalue weighted by Gasteiger charge is -2.17. The molecule has 0 aliphatic carbocycles. The molecule has 1 aromatic heterocycles. The summed E-state index contributed by atoms with van der Waals surface area (Å²) in [5, 5.41) is 7.02. The molecule has 1 unspecified atom stereocenters. The van der Waals surface area contributed by atoms with Crippen LogP contribution in [0.15, 0.2) is 61.2 Å². The molecular weight excluding hydrogens is 382 g/mol. The molecule has 2 amide bonds. The molecule has 1 aliphatic rings. The summed E-state index contributed by atoms with van der Waals surface area (Å²) in [6, 6.07) is 14.8. The molecule has 2 aromatic carbocycles. The van der Waals surface area contributed by atoms with Crippen LogP contribution in [-0.2, 0) is 9.59 Å². The Kier molecular flexibility index (Phi) is 5.74. The van der Waals surface area contributed by atoms with Gasteiger partial charge >= 0.3 is 0 Å². The molecule has 2 heterocycles. The van der Waals surface area contributed by atoms with Crippen molar-refractivity contribution >= 4 is 17.5 Å². The van der Waals surface area contributed by atoms with Crippen molar-refractivity contribution in [1.82, 2.24) is 20.1 Å². The quantitative estimate of drug-likeness (QED) is 0.653. The van der Waals surface area contributed by atoms with E-state index in [1.807, 2.05) is 43.3 Å². The summed E-state index contributed by atoms with van der Waals surface area (Å²) < 4.78 is 7.26. The fourth-order valence-corrected chi connectivity index (χ4v) is 3.42. The Labute approximate surface area is 174 Å². The summed E-state index contributed by atoms with van der Waals surface area (Å²) in [7, 11) is 0. The topological polar surface area (TPSA) is 89.4 Å². The number of hydrogen-bond acceptors (Lipinski definition) is 5. The van der Waals surface area contributed by atoms with Crippen molar-refractivity contribution in [3.05, 3.63) is 66.7 Å². The number of nitrogens with zero attached hydrogens (tertiary/aromatic N) is 4. The molecule has 8 heteroatoms. The summed E-state index contributed by atoms with van der Waals surface area (Å²) >= 11 is 0. The van der Waals surface area contributed by atoms with Gasteiger partial charge in [-0.05, 0) is 55.3 Å². The number of carbonyl (C=O) groups is 2. The normalized spacial score (nSPS) is 14.6. The average molecular weight is 405 g/mol. The average Bonchev–Trinajstić information content (AvgIpc) is 3.45. The Hall–Kier alpha value is -3.68. The summed E-state index contributed by atoms with van der Waals surface area (Å²) in [6.45, 7) is 2.59. The Morgan fingerprint density at radius 1 is 1.13 bits per heavy atom. The zero-order chi connectivity index (χ0) is 20.9. The zero-order valence-corrected chi connectivity index (χ0v) is 16.7. The van der Waals surface area contributed by atoms with Crippen LogP contribution in [0.3, 0.4) is 0 Å². The van der Waals surface area contributed by atoms with E-state index in [0.29, 0.717) is 12.2 Å². The van der Waals surface area contributed by atoms with Gasteiger partial charge in [0.05, 0.1) is 11.7 Å². The van der Waals surface area contributed by atoms with Crippen LogP contribution in [0.2, 0.25) is 0 Å². The third-order valence-corrected chi connectivity index (χ3v) is 5.05. The zero-order valence-electron chi connectivity index (χ0n) is 16.7. The highest BCUT2D eigenvalue weighted by Crippen LogP contribution is 2.24. The van der Waals surface area contributed by atoms with Crippen LogP contribution in [0.1, 0.15) is 31.4 Å². The molecule has 0 saturated carbocycles. The van der Waals surface area contributed by atoms with Gasteiger partial charge in [0.2, 0.25) is 5.91 Å². The van der Waals surface area contributed by atoms with Crippen LogP contribution >= 0.6 is 0 Å². The highest BCUT2D eigenvalue weighted by atomic mass is 16.5. The molecule has 0 bridgehead atoms. The van der Waals surface area contributed by atoms with Crippen molar-refractivity contribution in [1.29, 1.82) is 0 Å². The van der Waals surface area contributed by atoms with E-state index in [9.17, 15) is 9.59 Å². The number of benzene rings is 2. The molecule has 0 radical (unpaired) electrons. The maximum atomic E-state index is 12.3. The largest absolute Gasteiger partial charge is 0.484 e. The Balaban J connectivity index is 1.27. The fourth-order valence-electron chi connectivity index (χ4n) is 3.42. The van der Waals surface area contributed by atoms with Crippen molar-refractivity contribution in [3.8, 4) is 11.4 Å². The van der Waals surface area contributed by atoms with Crippen LogP contribution in [0.4, 0.5) is 5.69 Å². The number of nitrogens with one attached hydrogen (secondary N) is 1. The van der Waals surface area contributed by atoms with Crippen molar-refractivity contribution in [2.75, 3.05) is 18.1 Å². The fraction of sp³-hybridized carbons (Fsp3) is 0.273. The van der Waals surface area contributed by atoms with Gasteiger partial charge in [-0.25, -0.2) is 9.67 Å². The first-order valence-electron chi connectivity index (χ1n) is 9.88. The molecule has 4 rings (SSSR count). The second kappa shape index (κ2) is 8.77. The van der Waals surface area contributed by atoms with E-state index < -0.39 is 0 Å². The minimum Gasteiger partial charge on any atom is -0.484 e. The Morgan fingerprint density at radius 2 is 1.87 bits per heavy atom. The van der Waals surface area contributed by atoms with E-state index in [0.717, 1.165) is 29.9 Å². The van der Waals surface area contributed by atoms with E-state index in [2.05, 4.69) is 15.4 Å². The molecule has 0 spiro atoms. The highest BCUT2D eigenvalue weighted by molar-refractivity contribution is 5.95. The smallest absolute Gasteiger partial charge is 0.258 e. The van der Waals surface area contributed by atoms with Crippen LogP contribution in [-0.4, -0.2) is 39.7 Å². The van der Waals surface area contributed by atoms with Crippen molar-refractivity contribution < 1.29 is 14.3 Å². The van der Waals surface area contributed by atoms with E-state index >= 15 is 0 Å². The van der Waals surface area contributed by atoms with E-state index in [4.69, 9.17) is 4.74 Å². The van der Waals surface area contributed by atoms with Gasteiger partial charge < -0.3 is 15.0 Å². The van der Waals surface area contributed by atoms with E-state index in [-0.39, 0.29) is 24.5 Å². The molecule has 1 saturated heterocycles. The van der Waals surface area contributed by atoms with Crippen LogP contribution in [0, 0.1) is 0 Å². The Morgan fingerprint density at radius 3 is 2.50 bits per heavy atom. The van der Waals surface area contributed by atoms with Gasteiger partial charge in [-0.1, -0.05) is 12.1 Å². The first-order chi connectivity index (χ1) is 14.6. The van der Waals surface area contributed by atoms with Gasteiger partial charge in [-0.15, -0.1) is 0 Å². The van der Waals surface area contributed by atoms with Crippen molar-refractivity contribution in [2.45, 2.75) is 25.8 Å². The SMILES string of the molecule is CC(NC(=O)COc1ccc(N2CCCC2=O)cc1)c1ccc(-n2cncn2)cc1. The molecule has 154 valence electrons. The first kappa shape index (κ1) is 19.6. The minimum absolute atomic E-state index is 0.0800. The predicted octanol–water partition coefficient (Wildman–Crippen LogP) is 2.65. The van der Waals surface area contributed by atoms with Crippen LogP contribution < -0.4 is 15.0 Å². The van der Waals surface area contributed by atoms with Crippen LogP contribution in [0.25, 0.3) is 5.69 Å². The number of amides is 2. The lowest BCUT2D eigenvalue weighted by atomic mass is 10.1. The summed E-state index contributed by atoms with van der Waals surface area (Å²) in [5.74, 6) is 0.526. The lowest BCUT2D eigenvalue weighted by molar-refractivity contribution is -0.123.